The summed E-state index contributed by atoms with van der Waals surface area (Å²) in [5.41, 5.74) is 1.34. The van der Waals surface area contributed by atoms with Crippen LogP contribution in [0.5, 0.6) is 0 Å². The van der Waals surface area contributed by atoms with Gasteiger partial charge in [0.1, 0.15) is 5.01 Å². The van der Waals surface area contributed by atoms with Crippen LogP contribution in [0.1, 0.15) is 34.5 Å². The average Bonchev–Trinajstić information content (AvgIpc) is 3.32. The number of nitrogens with zero attached hydrogens (tertiary/aromatic N) is 1. The van der Waals surface area contributed by atoms with Gasteiger partial charge in [0, 0.05) is 34.7 Å². The topological polar surface area (TPSA) is 103 Å². The van der Waals surface area contributed by atoms with E-state index in [-0.39, 0.29) is 12.6 Å². The van der Waals surface area contributed by atoms with E-state index in [0.717, 1.165) is 35.0 Å². The van der Waals surface area contributed by atoms with Gasteiger partial charge >= 0.3 is 11.8 Å². The molecule has 1 aromatic carbocycles. The van der Waals surface area contributed by atoms with Gasteiger partial charge in [0.25, 0.3) is 0 Å². The monoisotopic (exact) mass is 422 g/mol. The van der Waals surface area contributed by atoms with Crippen LogP contribution >= 0.6 is 22.9 Å². The molecule has 2 aromatic rings. The van der Waals surface area contributed by atoms with Gasteiger partial charge in [-0.05, 0) is 50.6 Å². The van der Waals surface area contributed by atoms with E-state index < -0.39 is 17.9 Å². The summed E-state index contributed by atoms with van der Waals surface area (Å²) >= 11 is 7.30. The SMILES string of the molecule is Cc1nc(C(NC(=O)C(=O)Nc2ccc(Cl)cc2)C2CCCN2)sc1CCO. The molecule has 1 aromatic heterocycles. The number of hydrogen-bond donors (Lipinski definition) is 4. The Balaban J connectivity index is 1.73. The van der Waals surface area contributed by atoms with Gasteiger partial charge in [-0.15, -0.1) is 11.3 Å². The molecule has 0 spiro atoms. The molecular weight excluding hydrogens is 400 g/mol. The third kappa shape index (κ3) is 5.08. The molecule has 1 aliphatic heterocycles. The molecule has 2 amide bonds. The number of benzene rings is 1. The number of aromatic nitrogens is 1. The first-order valence-electron chi connectivity index (χ1n) is 9.16. The number of aliphatic hydroxyl groups excluding tert-OH is 1. The van der Waals surface area contributed by atoms with Crippen molar-refractivity contribution in [2.45, 2.75) is 38.3 Å². The van der Waals surface area contributed by atoms with E-state index in [2.05, 4.69) is 20.9 Å². The molecule has 1 fully saturated rings. The lowest BCUT2D eigenvalue weighted by Gasteiger charge is -2.23. The highest BCUT2D eigenvalue weighted by Gasteiger charge is 2.32. The van der Waals surface area contributed by atoms with E-state index >= 15 is 0 Å². The van der Waals surface area contributed by atoms with E-state index in [1.807, 2.05) is 6.92 Å². The lowest BCUT2D eigenvalue weighted by molar-refractivity contribution is -0.136. The van der Waals surface area contributed by atoms with Gasteiger partial charge < -0.3 is 21.1 Å². The Kier molecular flexibility index (Phi) is 7.01. The van der Waals surface area contributed by atoms with Crippen molar-refractivity contribution in [1.29, 1.82) is 0 Å². The minimum atomic E-state index is -0.742. The predicted molar refractivity (Wildman–Crippen MR) is 110 cm³/mol. The molecule has 28 heavy (non-hydrogen) atoms. The zero-order valence-corrected chi connectivity index (χ0v) is 17.1. The molecule has 0 aliphatic carbocycles. The smallest absolute Gasteiger partial charge is 0.313 e. The Labute approximate surface area is 172 Å². The number of carbonyl (C=O) groups excluding carboxylic acids is 2. The first kappa shape index (κ1) is 20.7. The molecule has 1 saturated heterocycles. The van der Waals surface area contributed by atoms with Crippen LogP contribution in [0.3, 0.4) is 0 Å². The highest BCUT2D eigenvalue weighted by atomic mass is 35.5. The summed E-state index contributed by atoms with van der Waals surface area (Å²) in [6, 6.07) is 6.16. The lowest BCUT2D eigenvalue weighted by atomic mass is 10.1. The molecule has 0 radical (unpaired) electrons. The molecule has 2 atom stereocenters. The Morgan fingerprint density at radius 2 is 2.11 bits per heavy atom. The Hall–Kier alpha value is -2.00. The van der Waals surface area contributed by atoms with E-state index in [1.54, 1.807) is 24.3 Å². The van der Waals surface area contributed by atoms with E-state index in [9.17, 15) is 14.7 Å². The Morgan fingerprint density at radius 3 is 2.75 bits per heavy atom. The number of amides is 2. The number of thiazole rings is 1. The van der Waals surface area contributed by atoms with Crippen molar-refractivity contribution >= 4 is 40.4 Å². The summed E-state index contributed by atoms with van der Waals surface area (Å²) < 4.78 is 0. The Morgan fingerprint density at radius 1 is 1.36 bits per heavy atom. The van der Waals surface area contributed by atoms with Crippen LogP contribution in [-0.2, 0) is 16.0 Å². The van der Waals surface area contributed by atoms with Crippen molar-refractivity contribution in [3.8, 4) is 0 Å². The molecule has 0 bridgehead atoms. The third-order valence-electron chi connectivity index (χ3n) is 4.61. The number of anilines is 1. The molecule has 9 heteroatoms. The van der Waals surface area contributed by atoms with Gasteiger partial charge in [-0.3, -0.25) is 9.59 Å². The highest BCUT2D eigenvalue weighted by Crippen LogP contribution is 2.29. The summed E-state index contributed by atoms with van der Waals surface area (Å²) in [5, 5.41) is 19.3. The van der Waals surface area contributed by atoms with Crippen LogP contribution in [0, 0.1) is 6.92 Å². The zero-order valence-electron chi connectivity index (χ0n) is 15.5. The fourth-order valence-electron chi connectivity index (χ4n) is 3.18. The minimum Gasteiger partial charge on any atom is -0.396 e. The fraction of sp³-hybridized carbons (Fsp3) is 0.421. The average molecular weight is 423 g/mol. The number of rotatable bonds is 6. The number of aliphatic hydroxyl groups is 1. The maximum absolute atomic E-state index is 12.5. The highest BCUT2D eigenvalue weighted by molar-refractivity contribution is 7.11. The van der Waals surface area contributed by atoms with Crippen LogP contribution in [0.25, 0.3) is 0 Å². The van der Waals surface area contributed by atoms with Crippen molar-refractivity contribution in [3.63, 3.8) is 0 Å². The van der Waals surface area contributed by atoms with Crippen molar-refractivity contribution in [2.75, 3.05) is 18.5 Å². The van der Waals surface area contributed by atoms with Crippen LogP contribution < -0.4 is 16.0 Å². The van der Waals surface area contributed by atoms with Crippen molar-refractivity contribution in [1.82, 2.24) is 15.6 Å². The lowest BCUT2D eigenvalue weighted by Crippen LogP contribution is -2.44. The molecule has 2 unspecified atom stereocenters. The van der Waals surface area contributed by atoms with Crippen LogP contribution in [-0.4, -0.2) is 41.1 Å². The van der Waals surface area contributed by atoms with Crippen LogP contribution in [0.15, 0.2) is 24.3 Å². The van der Waals surface area contributed by atoms with Crippen LogP contribution in [0.2, 0.25) is 5.02 Å². The maximum atomic E-state index is 12.5. The quantitative estimate of drug-likeness (QED) is 0.534. The molecule has 7 nitrogen and oxygen atoms in total. The van der Waals surface area contributed by atoms with Crippen molar-refractivity contribution < 1.29 is 14.7 Å². The maximum Gasteiger partial charge on any atom is 0.313 e. The molecule has 2 heterocycles. The van der Waals surface area contributed by atoms with Gasteiger partial charge in [-0.25, -0.2) is 4.98 Å². The van der Waals surface area contributed by atoms with Crippen LogP contribution in [0.4, 0.5) is 5.69 Å². The van der Waals surface area contributed by atoms with E-state index in [4.69, 9.17) is 11.6 Å². The van der Waals surface area contributed by atoms with Gasteiger partial charge in [0.2, 0.25) is 0 Å². The summed E-state index contributed by atoms with van der Waals surface area (Å²) in [6.07, 6.45) is 2.42. The largest absolute Gasteiger partial charge is 0.396 e. The second-order valence-electron chi connectivity index (χ2n) is 6.65. The molecular formula is C19H23ClN4O3S. The second kappa shape index (κ2) is 9.47. The summed E-state index contributed by atoms with van der Waals surface area (Å²) in [7, 11) is 0. The second-order valence-corrected chi connectivity index (χ2v) is 8.20. The number of aryl methyl sites for hydroxylation is 1. The summed E-state index contributed by atoms with van der Waals surface area (Å²) in [5.74, 6) is -1.46. The van der Waals surface area contributed by atoms with Crippen molar-refractivity contribution in [2.24, 2.45) is 0 Å². The minimum absolute atomic E-state index is 0.0137. The molecule has 1 aliphatic rings. The number of halogens is 1. The standard InChI is InChI=1S/C19H23ClN4O3S/c1-11-15(8-10-25)28-19(22-11)16(14-3-2-9-21-14)24-18(27)17(26)23-13-6-4-12(20)5-7-13/h4-7,14,16,21,25H,2-3,8-10H2,1H3,(H,23,26)(H,24,27). The van der Waals surface area contributed by atoms with Gasteiger partial charge in [0.05, 0.1) is 11.7 Å². The molecule has 3 rings (SSSR count). The molecule has 0 saturated carbocycles. The van der Waals surface area contributed by atoms with Crippen molar-refractivity contribution in [3.05, 3.63) is 44.9 Å². The summed E-state index contributed by atoms with van der Waals surface area (Å²) in [6.45, 7) is 2.80. The van der Waals surface area contributed by atoms with Gasteiger partial charge in [-0.1, -0.05) is 11.6 Å². The van der Waals surface area contributed by atoms with E-state index in [1.165, 1.54) is 11.3 Å². The molecule has 150 valence electrons. The number of carbonyl (C=O) groups is 2. The fourth-order valence-corrected chi connectivity index (χ4v) is 4.47. The number of hydrogen-bond acceptors (Lipinski definition) is 6. The van der Waals surface area contributed by atoms with Gasteiger partial charge in [0.15, 0.2) is 0 Å². The van der Waals surface area contributed by atoms with E-state index in [0.29, 0.717) is 17.1 Å². The predicted octanol–water partition coefficient (Wildman–Crippen LogP) is 2.19. The zero-order chi connectivity index (χ0) is 20.1. The first-order chi connectivity index (χ1) is 13.5. The normalized spacial score (nSPS) is 17.3. The third-order valence-corrected chi connectivity index (χ3v) is 6.16. The molecule has 4 N–H and O–H groups in total. The first-order valence-corrected chi connectivity index (χ1v) is 10.3. The van der Waals surface area contributed by atoms with Gasteiger partial charge in [-0.2, -0.15) is 0 Å². The summed E-state index contributed by atoms with van der Waals surface area (Å²) in [4.78, 5) is 30.4. The number of nitrogens with one attached hydrogen (secondary N) is 3. The Bertz CT molecular complexity index is 834.